The highest BCUT2D eigenvalue weighted by Crippen LogP contribution is 2.31. The van der Waals surface area contributed by atoms with Gasteiger partial charge < -0.3 is 5.11 Å². The van der Waals surface area contributed by atoms with Gasteiger partial charge in [0.2, 0.25) is 0 Å². The maximum Gasteiger partial charge on any atom is 0.261 e. The molecule has 0 aromatic heterocycles. The quantitative estimate of drug-likeness (QED) is 0.640. The van der Waals surface area contributed by atoms with Gasteiger partial charge in [0.25, 0.3) is 11.8 Å². The van der Waals surface area contributed by atoms with Crippen molar-refractivity contribution in [3.05, 3.63) is 106 Å². The summed E-state index contributed by atoms with van der Waals surface area (Å²) < 4.78 is 13.4. The zero-order valence-electron chi connectivity index (χ0n) is 15.3. The van der Waals surface area contributed by atoms with Crippen molar-refractivity contribution >= 4 is 23.4 Å². The Morgan fingerprint density at radius 2 is 1.31 bits per heavy atom. The van der Waals surface area contributed by atoms with E-state index in [0.29, 0.717) is 21.7 Å². The fourth-order valence-corrected chi connectivity index (χ4v) is 3.80. The van der Waals surface area contributed by atoms with Crippen LogP contribution in [0, 0.1) is 5.82 Å². The molecule has 6 heteroatoms. The van der Waals surface area contributed by atoms with Crippen molar-refractivity contribution < 1.29 is 19.1 Å². The third-order valence-corrected chi connectivity index (χ3v) is 5.34. The van der Waals surface area contributed by atoms with E-state index in [1.165, 1.54) is 12.1 Å². The van der Waals surface area contributed by atoms with Crippen LogP contribution in [-0.2, 0) is 0 Å². The maximum absolute atomic E-state index is 13.4. The maximum atomic E-state index is 13.4. The molecule has 0 saturated heterocycles. The second kappa shape index (κ2) is 7.78. The molecular weight excluding hydrogens is 393 g/mol. The van der Waals surface area contributed by atoms with Crippen LogP contribution < -0.4 is 0 Å². The van der Waals surface area contributed by atoms with Crippen molar-refractivity contribution in [1.82, 2.24) is 4.90 Å². The number of β-amino-alcohol motifs (C(OH)–C–C–N with tert-alkyl or cyclic N) is 1. The Kier molecular flexibility index (Phi) is 5.18. The Balaban J connectivity index is 1.66. The minimum absolute atomic E-state index is 0.184. The van der Waals surface area contributed by atoms with Gasteiger partial charge in [0, 0.05) is 10.9 Å². The third kappa shape index (κ3) is 3.67. The Morgan fingerprint density at radius 1 is 0.828 bits per heavy atom. The molecule has 0 radical (unpaired) electrons. The molecule has 3 aromatic rings. The van der Waals surface area contributed by atoms with E-state index in [1.54, 1.807) is 60.7 Å². The van der Waals surface area contributed by atoms with Crippen molar-refractivity contribution in [3.8, 4) is 0 Å². The minimum atomic E-state index is -1.09. The third-order valence-electron chi connectivity index (χ3n) is 5.09. The summed E-state index contributed by atoms with van der Waals surface area (Å²) in [5, 5.41) is 11.6. The second-order valence-electron chi connectivity index (χ2n) is 6.91. The number of aliphatic hydroxyl groups is 1. The molecule has 4 rings (SSSR count). The monoisotopic (exact) mass is 409 g/mol. The molecule has 0 bridgehead atoms. The van der Waals surface area contributed by atoms with Gasteiger partial charge in [0.05, 0.1) is 23.8 Å². The first-order valence-corrected chi connectivity index (χ1v) is 9.47. The number of hydrogen-bond acceptors (Lipinski definition) is 3. The van der Waals surface area contributed by atoms with Crippen LogP contribution in [0.4, 0.5) is 4.39 Å². The number of nitrogens with zero attached hydrogens (tertiary/aromatic N) is 1. The number of imide groups is 1. The van der Waals surface area contributed by atoms with E-state index in [-0.39, 0.29) is 6.54 Å². The summed E-state index contributed by atoms with van der Waals surface area (Å²) in [4.78, 5) is 26.4. The largest absolute Gasteiger partial charge is 0.390 e. The zero-order valence-corrected chi connectivity index (χ0v) is 16.0. The van der Waals surface area contributed by atoms with Crippen LogP contribution in [0.2, 0.25) is 5.02 Å². The first-order valence-electron chi connectivity index (χ1n) is 9.10. The van der Waals surface area contributed by atoms with Crippen LogP contribution in [0.3, 0.4) is 0 Å². The van der Waals surface area contributed by atoms with E-state index < -0.39 is 29.7 Å². The smallest absolute Gasteiger partial charge is 0.261 e. The Bertz CT molecular complexity index is 986. The molecule has 146 valence electrons. The summed E-state index contributed by atoms with van der Waals surface area (Å²) in [6, 6.07) is 19.3. The van der Waals surface area contributed by atoms with E-state index in [4.69, 9.17) is 11.6 Å². The summed E-state index contributed by atoms with van der Waals surface area (Å²) in [5.74, 6) is -1.83. The fourth-order valence-electron chi connectivity index (χ4n) is 3.67. The molecule has 1 N–H and O–H groups in total. The van der Waals surface area contributed by atoms with Gasteiger partial charge in [-0.3, -0.25) is 14.5 Å². The highest BCUT2D eigenvalue weighted by atomic mass is 35.5. The van der Waals surface area contributed by atoms with Crippen molar-refractivity contribution in [2.75, 3.05) is 6.54 Å². The van der Waals surface area contributed by atoms with Gasteiger partial charge in [-0.1, -0.05) is 48.0 Å². The van der Waals surface area contributed by atoms with Crippen LogP contribution in [0.5, 0.6) is 0 Å². The molecule has 0 aliphatic carbocycles. The predicted octanol–water partition coefficient (Wildman–Crippen LogP) is 4.27. The van der Waals surface area contributed by atoms with Gasteiger partial charge in [-0.2, -0.15) is 0 Å². The van der Waals surface area contributed by atoms with Gasteiger partial charge in [-0.05, 0) is 47.5 Å². The number of amides is 2. The van der Waals surface area contributed by atoms with E-state index in [0.717, 1.165) is 10.5 Å². The summed E-state index contributed by atoms with van der Waals surface area (Å²) >= 11 is 5.98. The molecule has 3 aromatic carbocycles. The molecule has 1 heterocycles. The molecule has 0 saturated carbocycles. The predicted molar refractivity (Wildman–Crippen MR) is 108 cm³/mol. The lowest BCUT2D eigenvalue weighted by atomic mass is 9.86. The molecule has 0 unspecified atom stereocenters. The SMILES string of the molecule is O=C1c2ccccc2C(=O)N1C[C@H](O)[C@@H](c1ccc(F)cc1)c1ccc(Cl)cc1. The van der Waals surface area contributed by atoms with Crippen molar-refractivity contribution in [3.63, 3.8) is 0 Å². The van der Waals surface area contributed by atoms with Gasteiger partial charge in [0.1, 0.15) is 5.82 Å². The first kappa shape index (κ1) is 19.3. The lowest BCUT2D eigenvalue weighted by Gasteiger charge is -2.27. The van der Waals surface area contributed by atoms with Crippen molar-refractivity contribution in [2.45, 2.75) is 12.0 Å². The molecule has 1 aliphatic rings. The highest BCUT2D eigenvalue weighted by molar-refractivity contribution is 6.30. The summed E-state index contributed by atoms with van der Waals surface area (Å²) in [7, 11) is 0. The van der Waals surface area contributed by atoms with Crippen molar-refractivity contribution in [1.29, 1.82) is 0 Å². The van der Waals surface area contributed by atoms with Gasteiger partial charge in [-0.25, -0.2) is 4.39 Å². The highest BCUT2D eigenvalue weighted by Gasteiger charge is 2.38. The number of benzene rings is 3. The van der Waals surface area contributed by atoms with Crippen molar-refractivity contribution in [2.24, 2.45) is 0 Å². The first-order chi connectivity index (χ1) is 14.0. The number of rotatable bonds is 5. The molecule has 0 spiro atoms. The normalized spacial score (nSPS) is 15.3. The van der Waals surface area contributed by atoms with Crippen LogP contribution >= 0.6 is 11.6 Å². The summed E-state index contributed by atoms with van der Waals surface area (Å²) in [6.45, 7) is -0.184. The number of carbonyl (C=O) groups is 2. The van der Waals surface area contributed by atoms with Gasteiger partial charge >= 0.3 is 0 Å². The fraction of sp³-hybridized carbons (Fsp3) is 0.130. The average Bonchev–Trinajstić information content (AvgIpc) is 2.96. The molecule has 1 aliphatic heterocycles. The van der Waals surface area contributed by atoms with Gasteiger partial charge in [0.15, 0.2) is 0 Å². The van der Waals surface area contributed by atoms with Crippen LogP contribution in [-0.4, -0.2) is 34.5 Å². The number of hydrogen-bond donors (Lipinski definition) is 1. The molecule has 0 fully saturated rings. The standard InChI is InChI=1S/C23H17ClFNO3/c24-16-9-5-14(6-10-16)21(15-7-11-17(25)12-8-15)20(27)13-26-22(28)18-3-1-2-4-19(18)23(26)29/h1-12,20-21,27H,13H2/t20-,21+/m0/s1. The second-order valence-corrected chi connectivity index (χ2v) is 7.35. The van der Waals surface area contributed by atoms with E-state index in [9.17, 15) is 19.1 Å². The van der Waals surface area contributed by atoms with E-state index in [1.807, 2.05) is 0 Å². The summed E-state index contributed by atoms with van der Waals surface area (Å²) in [5.41, 5.74) is 2.06. The van der Waals surface area contributed by atoms with E-state index in [2.05, 4.69) is 0 Å². The molecule has 2 amide bonds. The number of carbonyl (C=O) groups excluding carboxylic acids is 2. The lowest BCUT2D eigenvalue weighted by molar-refractivity contribution is 0.0523. The molecule has 4 nitrogen and oxygen atoms in total. The zero-order chi connectivity index (χ0) is 20.5. The summed E-state index contributed by atoms with van der Waals surface area (Å²) in [6.07, 6.45) is -1.09. The van der Waals surface area contributed by atoms with Crippen LogP contribution in [0.1, 0.15) is 37.8 Å². The lowest BCUT2D eigenvalue weighted by Crippen LogP contribution is -2.39. The van der Waals surface area contributed by atoms with Gasteiger partial charge in [-0.15, -0.1) is 0 Å². The Morgan fingerprint density at radius 3 is 1.83 bits per heavy atom. The topological polar surface area (TPSA) is 57.6 Å². The number of aliphatic hydroxyl groups excluding tert-OH is 1. The Labute approximate surface area is 172 Å². The minimum Gasteiger partial charge on any atom is -0.390 e. The number of fused-ring (bicyclic) bond motifs is 1. The molecule has 29 heavy (non-hydrogen) atoms. The van der Waals surface area contributed by atoms with Crippen LogP contribution in [0.25, 0.3) is 0 Å². The molecule has 2 atom stereocenters. The average molecular weight is 410 g/mol. The number of halogens is 2. The van der Waals surface area contributed by atoms with E-state index >= 15 is 0 Å². The molecular formula is C23H17ClFNO3. The van der Waals surface area contributed by atoms with Crippen LogP contribution in [0.15, 0.2) is 72.8 Å². The Hall–Kier alpha value is -3.02.